The van der Waals surface area contributed by atoms with Crippen LogP contribution in [-0.2, 0) is 9.09 Å². The molecule has 2 aliphatic heterocycles. The van der Waals surface area contributed by atoms with E-state index in [-0.39, 0.29) is 18.4 Å². The second kappa shape index (κ2) is 3.87. The van der Waals surface area contributed by atoms with E-state index < -0.39 is 7.37 Å². The Kier molecular flexibility index (Phi) is 3.00. The van der Waals surface area contributed by atoms with Gasteiger partial charge in [0.25, 0.3) is 0 Å². The van der Waals surface area contributed by atoms with Gasteiger partial charge in [-0.25, -0.2) is 0 Å². The molecule has 3 nitrogen and oxygen atoms in total. The van der Waals surface area contributed by atoms with Crippen molar-refractivity contribution >= 4 is 7.37 Å². The minimum atomic E-state index is -2.45. The highest BCUT2D eigenvalue weighted by Crippen LogP contribution is 2.75. The third-order valence-corrected chi connectivity index (χ3v) is 7.77. The molecular weight excluding hydrogens is 211 g/mol. The Labute approximate surface area is 91.7 Å². The van der Waals surface area contributed by atoms with E-state index in [1.165, 1.54) is 0 Å². The minimum absolute atomic E-state index is 0.0133. The molecule has 5 unspecified atom stereocenters. The first-order valence-electron chi connectivity index (χ1n) is 5.91. The van der Waals surface area contributed by atoms with Crippen LogP contribution in [0.25, 0.3) is 0 Å². The van der Waals surface area contributed by atoms with Gasteiger partial charge in [-0.2, -0.15) is 0 Å². The van der Waals surface area contributed by atoms with Crippen molar-refractivity contribution in [2.75, 3.05) is 12.8 Å². The predicted octanol–water partition coefficient (Wildman–Crippen LogP) is 2.34. The van der Waals surface area contributed by atoms with Crippen molar-refractivity contribution in [3.63, 3.8) is 0 Å². The molecule has 0 aromatic heterocycles. The first-order valence-corrected chi connectivity index (χ1v) is 7.79. The number of hydrogen-bond acceptors (Lipinski definition) is 3. The van der Waals surface area contributed by atoms with E-state index >= 15 is 0 Å². The molecule has 6 atom stereocenters. The number of rotatable bonds is 4. The first kappa shape index (κ1) is 11.6. The Morgan fingerprint density at radius 2 is 2.07 bits per heavy atom. The number of aliphatic hydroxyl groups excluding tert-OH is 1. The van der Waals surface area contributed by atoms with Crippen LogP contribution in [0.5, 0.6) is 0 Å². The van der Waals surface area contributed by atoms with Crippen molar-refractivity contribution < 1.29 is 14.2 Å². The highest BCUT2D eigenvalue weighted by Gasteiger charge is 2.63. The van der Waals surface area contributed by atoms with Gasteiger partial charge in [0.05, 0.1) is 12.7 Å². The zero-order valence-electron chi connectivity index (χ0n) is 9.72. The van der Waals surface area contributed by atoms with Gasteiger partial charge in [0, 0.05) is 11.8 Å². The van der Waals surface area contributed by atoms with Crippen molar-refractivity contribution in [1.82, 2.24) is 0 Å². The molecule has 1 saturated carbocycles. The van der Waals surface area contributed by atoms with E-state index in [1.54, 1.807) is 0 Å². The molecule has 0 spiro atoms. The monoisotopic (exact) mass is 232 g/mol. The van der Waals surface area contributed by atoms with Crippen molar-refractivity contribution in [1.29, 1.82) is 0 Å². The van der Waals surface area contributed by atoms with Crippen molar-refractivity contribution in [2.24, 2.45) is 17.8 Å². The molecule has 0 radical (unpaired) electrons. The minimum Gasteiger partial charge on any atom is -0.394 e. The van der Waals surface area contributed by atoms with Crippen molar-refractivity contribution in [3.05, 3.63) is 0 Å². The molecule has 0 aromatic carbocycles. The highest BCUT2D eigenvalue weighted by molar-refractivity contribution is 7.60. The van der Waals surface area contributed by atoms with E-state index in [2.05, 4.69) is 13.8 Å². The molecule has 2 bridgehead atoms. The van der Waals surface area contributed by atoms with Gasteiger partial charge < -0.3 is 9.63 Å². The van der Waals surface area contributed by atoms with Crippen LogP contribution in [0.4, 0.5) is 0 Å². The smallest absolute Gasteiger partial charge is 0.207 e. The van der Waals surface area contributed by atoms with Gasteiger partial charge in [-0.3, -0.25) is 4.57 Å². The van der Waals surface area contributed by atoms with Gasteiger partial charge in [0.15, 0.2) is 0 Å². The van der Waals surface area contributed by atoms with E-state index in [0.717, 1.165) is 12.6 Å². The van der Waals surface area contributed by atoms with Gasteiger partial charge in [-0.1, -0.05) is 20.8 Å². The quantitative estimate of drug-likeness (QED) is 0.757. The van der Waals surface area contributed by atoms with E-state index in [0.29, 0.717) is 17.8 Å². The van der Waals surface area contributed by atoms with Crippen LogP contribution < -0.4 is 0 Å². The predicted molar refractivity (Wildman–Crippen MR) is 60.3 cm³/mol. The van der Waals surface area contributed by atoms with Crippen molar-refractivity contribution in [2.45, 2.75) is 39.0 Å². The van der Waals surface area contributed by atoms with Crippen LogP contribution in [-0.4, -0.2) is 29.6 Å². The summed E-state index contributed by atoms with van der Waals surface area (Å²) in [6, 6.07) is 0. The SMILES string of the molecule is CCC(CO)OP1(=O)CC2C(C)C1[C@@H]2C. The Balaban J connectivity index is 2.07. The summed E-state index contributed by atoms with van der Waals surface area (Å²) in [5.41, 5.74) is 0.267. The molecule has 0 amide bonds. The molecule has 3 rings (SSSR count). The van der Waals surface area contributed by atoms with Gasteiger partial charge in [-0.15, -0.1) is 0 Å². The molecule has 88 valence electrons. The zero-order valence-corrected chi connectivity index (χ0v) is 10.6. The molecule has 3 fully saturated rings. The Morgan fingerprint density at radius 1 is 1.47 bits per heavy atom. The van der Waals surface area contributed by atoms with Crippen LogP contribution in [0.3, 0.4) is 0 Å². The molecule has 2 saturated heterocycles. The Morgan fingerprint density at radius 3 is 2.40 bits per heavy atom. The van der Waals surface area contributed by atoms with Crippen molar-refractivity contribution in [3.8, 4) is 0 Å². The zero-order chi connectivity index (χ0) is 11.2. The maximum Gasteiger partial charge on any atom is 0.207 e. The molecular formula is C11H21O3P. The lowest BCUT2D eigenvalue weighted by molar-refractivity contribution is 0.108. The van der Waals surface area contributed by atoms with E-state index in [1.807, 2.05) is 6.92 Å². The van der Waals surface area contributed by atoms with Crippen LogP contribution in [0, 0.1) is 17.8 Å². The number of hydrogen-bond donors (Lipinski definition) is 1. The molecule has 4 heteroatoms. The second-order valence-corrected chi connectivity index (χ2v) is 7.72. The fourth-order valence-corrected chi connectivity index (χ4v) is 7.70. The Hall–Kier alpha value is 0.150. The summed E-state index contributed by atoms with van der Waals surface area (Å²) in [4.78, 5) is 0. The molecule has 1 aliphatic carbocycles. The van der Waals surface area contributed by atoms with Gasteiger partial charge in [0.2, 0.25) is 7.37 Å². The summed E-state index contributed by atoms with van der Waals surface area (Å²) >= 11 is 0. The van der Waals surface area contributed by atoms with Crippen LogP contribution >= 0.6 is 7.37 Å². The topological polar surface area (TPSA) is 46.5 Å². The third-order valence-electron chi connectivity index (χ3n) is 4.33. The summed E-state index contributed by atoms with van der Waals surface area (Å²) in [5, 5.41) is 9.09. The standard InChI is InChI=1S/C11H21O3P/c1-4-9(5-12)14-15(13)6-10-7(2)11(15)8(10)3/h7-12H,4-6H2,1-3H3/t7-,8?,9?,10?,11?,15?/m1/s1. The fourth-order valence-electron chi connectivity index (χ4n) is 3.39. The summed E-state index contributed by atoms with van der Waals surface area (Å²) in [7, 11) is -2.45. The van der Waals surface area contributed by atoms with Gasteiger partial charge >= 0.3 is 0 Å². The van der Waals surface area contributed by atoms with E-state index in [9.17, 15) is 4.57 Å². The summed E-state index contributed by atoms with van der Waals surface area (Å²) in [6.07, 6.45) is 1.26. The van der Waals surface area contributed by atoms with Gasteiger partial charge in [0.1, 0.15) is 0 Å². The molecule has 3 aliphatic rings. The fraction of sp³-hybridized carbons (Fsp3) is 1.00. The molecule has 0 aromatic rings. The summed E-state index contributed by atoms with van der Waals surface area (Å²) < 4.78 is 18.3. The van der Waals surface area contributed by atoms with E-state index in [4.69, 9.17) is 9.63 Å². The van der Waals surface area contributed by atoms with Crippen LogP contribution in [0.15, 0.2) is 0 Å². The third kappa shape index (κ3) is 1.60. The largest absolute Gasteiger partial charge is 0.394 e. The van der Waals surface area contributed by atoms with Crippen LogP contribution in [0.2, 0.25) is 0 Å². The summed E-state index contributed by atoms with van der Waals surface area (Å²) in [5.74, 6) is 1.71. The summed E-state index contributed by atoms with van der Waals surface area (Å²) in [6.45, 7) is 6.30. The highest BCUT2D eigenvalue weighted by atomic mass is 31.2. The first-order chi connectivity index (χ1) is 7.03. The number of fused-ring (bicyclic) bond motifs is 1. The lowest BCUT2D eigenvalue weighted by Crippen LogP contribution is -2.40. The number of aliphatic hydroxyl groups is 1. The Bertz CT molecular complexity index is 278. The maximum absolute atomic E-state index is 12.6. The lowest BCUT2D eigenvalue weighted by Gasteiger charge is -2.40. The lowest BCUT2D eigenvalue weighted by atomic mass is 9.68. The normalized spacial score (nSPS) is 50.1. The average molecular weight is 232 g/mol. The maximum atomic E-state index is 12.6. The molecule has 15 heavy (non-hydrogen) atoms. The van der Waals surface area contributed by atoms with Gasteiger partial charge in [-0.05, 0) is 24.2 Å². The molecule has 1 N–H and O–H groups in total. The van der Waals surface area contributed by atoms with Crippen LogP contribution in [0.1, 0.15) is 27.2 Å². The average Bonchev–Trinajstić information content (AvgIpc) is 2.64. The second-order valence-electron chi connectivity index (χ2n) is 5.10. The molecule has 2 heterocycles.